The molecule has 1 aliphatic rings. The summed E-state index contributed by atoms with van der Waals surface area (Å²) >= 11 is 0. The highest BCUT2D eigenvalue weighted by Crippen LogP contribution is 2.31. The van der Waals surface area contributed by atoms with Crippen LogP contribution < -0.4 is 11.1 Å². The smallest absolute Gasteiger partial charge is 0.416 e. The van der Waals surface area contributed by atoms with Gasteiger partial charge in [0.15, 0.2) is 0 Å². The Balaban J connectivity index is 1.88. The minimum Gasteiger partial charge on any atom is -0.446 e. The summed E-state index contributed by atoms with van der Waals surface area (Å²) in [6.07, 6.45) is -3.98. The van der Waals surface area contributed by atoms with Gasteiger partial charge in [0.25, 0.3) is 0 Å². The number of alkyl halides is 3. The number of carbonyl (C=O) groups is 1. The van der Waals surface area contributed by atoms with Crippen molar-refractivity contribution in [2.75, 3.05) is 11.9 Å². The van der Waals surface area contributed by atoms with Gasteiger partial charge in [0, 0.05) is 5.69 Å². The highest BCUT2D eigenvalue weighted by molar-refractivity contribution is 5.84. The fourth-order valence-electron chi connectivity index (χ4n) is 2.04. The second kappa shape index (κ2) is 5.70. The van der Waals surface area contributed by atoms with Crippen LogP contribution in [0.2, 0.25) is 0 Å². The van der Waals surface area contributed by atoms with Gasteiger partial charge in [-0.2, -0.15) is 13.2 Å². The molecule has 0 saturated heterocycles. The first-order valence-corrected chi connectivity index (χ1v) is 6.23. The van der Waals surface area contributed by atoms with E-state index in [1.54, 1.807) is 0 Å². The third-order valence-corrected chi connectivity index (χ3v) is 3.24. The normalized spacial score (nSPS) is 22.0. The van der Waals surface area contributed by atoms with Gasteiger partial charge in [-0.3, -0.25) is 5.32 Å². The van der Waals surface area contributed by atoms with E-state index in [0.29, 0.717) is 25.3 Å². The third-order valence-electron chi connectivity index (χ3n) is 3.24. The van der Waals surface area contributed by atoms with Crippen molar-refractivity contribution in [1.82, 2.24) is 0 Å². The minimum atomic E-state index is -4.44. The number of carbonyl (C=O) groups excluding carboxylic acids is 1. The fraction of sp³-hybridized carbons (Fsp3) is 0.462. The van der Waals surface area contributed by atoms with Gasteiger partial charge in [-0.15, -0.1) is 0 Å². The summed E-state index contributed by atoms with van der Waals surface area (Å²) in [6.45, 7) is 0.551. The monoisotopic (exact) mass is 288 g/mol. The van der Waals surface area contributed by atoms with Gasteiger partial charge in [-0.25, -0.2) is 4.79 Å². The maximum Gasteiger partial charge on any atom is 0.416 e. The lowest BCUT2D eigenvalue weighted by Gasteiger charge is -2.33. The predicted octanol–water partition coefficient (Wildman–Crippen LogP) is 2.99. The van der Waals surface area contributed by atoms with Gasteiger partial charge in [0.2, 0.25) is 0 Å². The highest BCUT2D eigenvalue weighted by atomic mass is 19.4. The molecule has 0 aromatic heterocycles. The summed E-state index contributed by atoms with van der Waals surface area (Å²) in [5.41, 5.74) is 4.68. The van der Waals surface area contributed by atoms with Crippen molar-refractivity contribution in [3.63, 3.8) is 0 Å². The Hall–Kier alpha value is -1.76. The molecule has 0 unspecified atom stereocenters. The van der Waals surface area contributed by atoms with E-state index in [1.807, 2.05) is 0 Å². The first kappa shape index (κ1) is 14.6. The van der Waals surface area contributed by atoms with E-state index in [0.717, 1.165) is 12.1 Å². The molecule has 1 aromatic rings. The van der Waals surface area contributed by atoms with Gasteiger partial charge < -0.3 is 10.5 Å². The molecule has 1 saturated carbocycles. The molecule has 110 valence electrons. The molecule has 0 spiro atoms. The Morgan fingerprint density at radius 3 is 2.70 bits per heavy atom. The Morgan fingerprint density at radius 1 is 1.40 bits per heavy atom. The fourth-order valence-corrected chi connectivity index (χ4v) is 2.04. The lowest BCUT2D eigenvalue weighted by atomic mass is 9.82. The molecule has 0 radical (unpaired) electrons. The lowest BCUT2D eigenvalue weighted by Crippen LogP contribution is -2.38. The molecule has 0 bridgehead atoms. The highest BCUT2D eigenvalue weighted by Gasteiger charge is 2.32. The quantitative estimate of drug-likeness (QED) is 0.898. The van der Waals surface area contributed by atoms with Crippen LogP contribution in [0.3, 0.4) is 0 Å². The number of rotatable bonds is 3. The van der Waals surface area contributed by atoms with Gasteiger partial charge in [-0.05, 0) is 43.5 Å². The van der Waals surface area contributed by atoms with Crippen LogP contribution in [-0.4, -0.2) is 18.7 Å². The van der Waals surface area contributed by atoms with E-state index in [4.69, 9.17) is 10.5 Å². The van der Waals surface area contributed by atoms with Gasteiger partial charge in [0.1, 0.15) is 6.10 Å². The number of hydrogen-bond donors (Lipinski definition) is 2. The van der Waals surface area contributed by atoms with Gasteiger partial charge in [-0.1, -0.05) is 6.07 Å². The topological polar surface area (TPSA) is 64.3 Å². The Labute approximate surface area is 114 Å². The second-order valence-electron chi connectivity index (χ2n) is 4.80. The molecule has 4 nitrogen and oxygen atoms in total. The van der Waals surface area contributed by atoms with Crippen LogP contribution in [0.4, 0.5) is 23.7 Å². The van der Waals surface area contributed by atoms with Crippen molar-refractivity contribution in [3.05, 3.63) is 29.8 Å². The van der Waals surface area contributed by atoms with Gasteiger partial charge >= 0.3 is 12.3 Å². The lowest BCUT2D eigenvalue weighted by molar-refractivity contribution is -0.137. The molecule has 1 aliphatic carbocycles. The van der Waals surface area contributed by atoms with Crippen molar-refractivity contribution in [3.8, 4) is 0 Å². The average molecular weight is 288 g/mol. The van der Waals surface area contributed by atoms with Crippen molar-refractivity contribution in [2.45, 2.75) is 25.1 Å². The number of halogens is 3. The number of nitrogens with one attached hydrogen (secondary N) is 1. The van der Waals surface area contributed by atoms with Crippen LogP contribution in [0.15, 0.2) is 24.3 Å². The summed E-state index contributed by atoms with van der Waals surface area (Å²) in [6, 6.07) is 4.41. The zero-order chi connectivity index (χ0) is 14.8. The number of nitrogens with two attached hydrogens (primary N) is 1. The molecular weight excluding hydrogens is 273 g/mol. The molecule has 20 heavy (non-hydrogen) atoms. The minimum absolute atomic E-state index is 0.0551. The molecule has 2 rings (SSSR count). The summed E-state index contributed by atoms with van der Waals surface area (Å²) in [5, 5.41) is 2.29. The SMILES string of the molecule is NCC1CC(OC(=O)Nc2cccc(C(F)(F)F)c2)C1. The van der Waals surface area contributed by atoms with Crippen molar-refractivity contribution in [2.24, 2.45) is 11.7 Å². The molecule has 0 aliphatic heterocycles. The molecule has 1 aromatic carbocycles. The molecular formula is C13H15F3N2O2. The van der Waals surface area contributed by atoms with Crippen LogP contribution in [0.1, 0.15) is 18.4 Å². The second-order valence-corrected chi connectivity index (χ2v) is 4.80. The average Bonchev–Trinajstić information content (AvgIpc) is 2.32. The van der Waals surface area contributed by atoms with Crippen LogP contribution in [-0.2, 0) is 10.9 Å². The molecule has 7 heteroatoms. The number of ether oxygens (including phenoxy) is 1. The summed E-state index contributed by atoms with van der Waals surface area (Å²) in [5.74, 6) is 0.362. The number of benzene rings is 1. The summed E-state index contributed by atoms with van der Waals surface area (Å²) in [7, 11) is 0. The zero-order valence-electron chi connectivity index (χ0n) is 10.6. The maximum atomic E-state index is 12.5. The van der Waals surface area contributed by atoms with E-state index in [-0.39, 0.29) is 11.8 Å². The number of hydrogen-bond acceptors (Lipinski definition) is 3. The van der Waals surface area contributed by atoms with Gasteiger partial charge in [0.05, 0.1) is 5.56 Å². The van der Waals surface area contributed by atoms with Crippen LogP contribution >= 0.6 is 0 Å². The molecule has 3 N–H and O–H groups in total. The number of anilines is 1. The molecule has 1 fully saturated rings. The van der Waals surface area contributed by atoms with Crippen LogP contribution in [0, 0.1) is 5.92 Å². The molecule has 0 atom stereocenters. The van der Waals surface area contributed by atoms with Crippen LogP contribution in [0.25, 0.3) is 0 Å². The number of amides is 1. The first-order valence-electron chi connectivity index (χ1n) is 6.23. The first-order chi connectivity index (χ1) is 9.38. The van der Waals surface area contributed by atoms with Crippen molar-refractivity contribution in [1.29, 1.82) is 0 Å². The Kier molecular flexibility index (Phi) is 4.17. The Bertz CT molecular complexity index is 485. The van der Waals surface area contributed by atoms with E-state index in [1.165, 1.54) is 12.1 Å². The van der Waals surface area contributed by atoms with Crippen molar-refractivity contribution < 1.29 is 22.7 Å². The Morgan fingerprint density at radius 2 is 2.10 bits per heavy atom. The maximum absolute atomic E-state index is 12.5. The van der Waals surface area contributed by atoms with Crippen molar-refractivity contribution >= 4 is 11.8 Å². The van der Waals surface area contributed by atoms with E-state index < -0.39 is 17.8 Å². The third kappa shape index (κ3) is 3.63. The van der Waals surface area contributed by atoms with E-state index in [2.05, 4.69) is 5.32 Å². The summed E-state index contributed by atoms with van der Waals surface area (Å²) < 4.78 is 42.6. The largest absolute Gasteiger partial charge is 0.446 e. The molecule has 1 amide bonds. The standard InChI is InChI=1S/C13H15F3N2O2/c14-13(15,16)9-2-1-3-10(6-9)18-12(19)20-11-4-8(5-11)7-17/h1-3,6,8,11H,4-5,7,17H2,(H,18,19). The predicted molar refractivity (Wildman–Crippen MR) is 67.1 cm³/mol. The zero-order valence-corrected chi connectivity index (χ0v) is 10.6. The molecule has 0 heterocycles. The van der Waals surface area contributed by atoms with Crippen LogP contribution in [0.5, 0.6) is 0 Å². The van der Waals surface area contributed by atoms with E-state index in [9.17, 15) is 18.0 Å². The van der Waals surface area contributed by atoms with E-state index >= 15 is 0 Å². The summed E-state index contributed by atoms with van der Waals surface area (Å²) in [4.78, 5) is 11.5.